The van der Waals surface area contributed by atoms with Crippen LogP contribution in [0.4, 0.5) is 0 Å². The fourth-order valence-electron chi connectivity index (χ4n) is 15.5. The normalized spacial score (nSPS) is 10.8. The van der Waals surface area contributed by atoms with Gasteiger partial charge in [-0.25, -0.2) is 0 Å². The third kappa shape index (κ3) is 18.8. The summed E-state index contributed by atoms with van der Waals surface area (Å²) in [6.07, 6.45) is 8.98. The minimum atomic E-state index is 0.803. The lowest BCUT2D eigenvalue weighted by atomic mass is 9.84. The van der Waals surface area contributed by atoms with Gasteiger partial charge in [-0.2, -0.15) is 0 Å². The average Bonchev–Trinajstić information content (AvgIpc) is 0.768. The molecule has 16 aromatic rings. The topological polar surface area (TPSA) is 73.8 Å². The van der Waals surface area contributed by atoms with E-state index in [2.05, 4.69) is 315 Å². The van der Waals surface area contributed by atoms with E-state index in [1.54, 1.807) is 56.9 Å². The number of hydrogen-bond acceptors (Lipinski definition) is 8. The van der Waals surface area contributed by atoms with E-state index in [1.165, 1.54) is 0 Å². The summed E-state index contributed by atoms with van der Waals surface area (Å²) >= 11 is 0. The Morgan fingerprint density at radius 3 is 0.352 bits per heavy atom. The van der Waals surface area contributed by atoms with Crippen LogP contribution in [0.2, 0.25) is 0 Å². The molecule has 8 nitrogen and oxygen atoms in total. The van der Waals surface area contributed by atoms with Crippen LogP contribution in [0.25, 0.3) is 102 Å². The second-order valence-electron chi connectivity index (χ2n) is 29.6. The molecule has 0 aliphatic heterocycles. The average molecular weight is 1590 g/mol. The van der Waals surface area contributed by atoms with E-state index in [4.69, 9.17) is 37.9 Å². The maximum Gasteiger partial charge on any atom is 0.118 e. The van der Waals surface area contributed by atoms with Crippen molar-refractivity contribution in [2.45, 2.75) is 0 Å². The fraction of sp³-hybridized carbons (Fsp3) is 0.0702. The minimum absolute atomic E-state index is 0.803. The summed E-state index contributed by atoms with van der Waals surface area (Å²) in [5.74, 6) is 6.43. The van der Waals surface area contributed by atoms with Crippen molar-refractivity contribution in [1.29, 1.82) is 0 Å². The first-order chi connectivity index (χ1) is 60.0. The van der Waals surface area contributed by atoms with E-state index in [9.17, 15) is 0 Å². The van der Waals surface area contributed by atoms with E-state index in [0.29, 0.717) is 0 Å². The van der Waals surface area contributed by atoms with Crippen LogP contribution in [0.15, 0.2) is 388 Å². The molecule has 0 radical (unpaired) electrons. The molecule has 122 heavy (non-hydrogen) atoms. The smallest absolute Gasteiger partial charge is 0.118 e. The lowest BCUT2D eigenvalue weighted by molar-refractivity contribution is 0.414. The molecule has 596 valence electrons. The van der Waals surface area contributed by atoms with Crippen molar-refractivity contribution in [3.63, 3.8) is 0 Å². The van der Waals surface area contributed by atoms with Crippen molar-refractivity contribution in [3.8, 4) is 90.5 Å². The lowest BCUT2D eigenvalue weighted by Gasteiger charge is -2.20. The van der Waals surface area contributed by atoms with Crippen molar-refractivity contribution < 1.29 is 37.9 Å². The Hall–Kier alpha value is -15.4. The van der Waals surface area contributed by atoms with Gasteiger partial charge in [-0.05, 0) is 288 Å². The van der Waals surface area contributed by atoms with Gasteiger partial charge in [0, 0.05) is 0 Å². The van der Waals surface area contributed by atoms with Crippen molar-refractivity contribution in [3.05, 3.63) is 477 Å². The largest absolute Gasteiger partial charge is 0.497 e. The standard InChI is InChI=1S/C114H92O8/c1-115-101-57-41-89(42-58-101)109(90-43-59-102(116-2)60-44-90)73-77-9-17-81(18-10-77)85-25-33-97(34-26-85)113(98-35-27-86(28-36-98)82-19-11-78(12-20-82)74-110(91-45-61-103(117-3)62-46-91)92-47-63-104(118-4)64-48-92)114(99-37-29-87(30-38-99)83-21-13-79(14-22-83)75-111(93-49-65-105(119-5)66-50-93)94-51-67-106(120-6)68-52-94)100-39-31-88(32-40-100)84-23-15-80(16-24-84)76-112(95-53-69-107(121-7)70-54-95)96-55-71-108(122-8)72-56-96/h9-76H,1-8H3. The van der Waals surface area contributed by atoms with E-state index >= 15 is 0 Å². The number of ether oxygens (including phenoxy) is 8. The third-order valence-electron chi connectivity index (χ3n) is 22.4. The van der Waals surface area contributed by atoms with Crippen LogP contribution in [0.3, 0.4) is 0 Å². The van der Waals surface area contributed by atoms with Gasteiger partial charge >= 0.3 is 0 Å². The Morgan fingerprint density at radius 2 is 0.238 bits per heavy atom. The van der Waals surface area contributed by atoms with E-state index in [0.717, 1.165) is 213 Å². The molecule has 0 amide bonds. The van der Waals surface area contributed by atoms with Crippen LogP contribution < -0.4 is 37.9 Å². The molecule has 0 aliphatic rings. The Bertz CT molecular complexity index is 5380. The zero-order valence-corrected chi connectivity index (χ0v) is 69.5. The molecule has 0 atom stereocenters. The monoisotopic (exact) mass is 1590 g/mol. The SMILES string of the molecule is COc1ccc(C(=Cc2ccc(-c3ccc(C(=C(c4ccc(-c5ccc(C=C(c6ccc(OC)cc6)c6ccc(OC)cc6)cc5)cc4)c4ccc(-c5ccc(C=C(c6ccc(OC)cc6)c6ccc(OC)cc6)cc5)cc4)c4ccc(-c5ccc(C=C(c6ccc(OC)cc6)c6ccc(OC)cc6)cc5)cc4)cc3)cc2)c2ccc(OC)cc2)cc1. The minimum Gasteiger partial charge on any atom is -0.497 e. The molecule has 0 bridgehead atoms. The number of hydrogen-bond donors (Lipinski definition) is 0. The van der Waals surface area contributed by atoms with Crippen LogP contribution in [-0.2, 0) is 0 Å². The van der Waals surface area contributed by atoms with Crippen molar-refractivity contribution in [2.75, 3.05) is 56.9 Å². The Balaban J connectivity index is 0.799. The van der Waals surface area contributed by atoms with E-state index in [-0.39, 0.29) is 0 Å². The van der Waals surface area contributed by atoms with Gasteiger partial charge in [-0.15, -0.1) is 0 Å². The predicted molar refractivity (Wildman–Crippen MR) is 504 cm³/mol. The van der Waals surface area contributed by atoms with Crippen LogP contribution in [0, 0.1) is 0 Å². The van der Waals surface area contributed by atoms with Crippen molar-refractivity contribution in [2.24, 2.45) is 0 Å². The number of benzene rings is 16. The van der Waals surface area contributed by atoms with Crippen LogP contribution in [0.5, 0.6) is 46.0 Å². The number of rotatable bonds is 28. The molecule has 0 spiro atoms. The third-order valence-corrected chi connectivity index (χ3v) is 22.4. The molecule has 16 rings (SSSR count). The summed E-state index contributed by atoms with van der Waals surface area (Å²) in [5.41, 5.74) is 32.4. The highest BCUT2D eigenvalue weighted by molar-refractivity contribution is 6.06. The summed E-state index contributed by atoms with van der Waals surface area (Å²) in [6.45, 7) is 0. The fourth-order valence-corrected chi connectivity index (χ4v) is 15.5. The van der Waals surface area contributed by atoms with Gasteiger partial charge in [0.15, 0.2) is 0 Å². The van der Waals surface area contributed by atoms with Gasteiger partial charge in [-0.1, -0.05) is 291 Å². The van der Waals surface area contributed by atoms with E-state index < -0.39 is 0 Å². The van der Waals surface area contributed by atoms with Gasteiger partial charge in [0.25, 0.3) is 0 Å². The summed E-state index contributed by atoms with van der Waals surface area (Å²) in [6, 6.07) is 137. The Morgan fingerprint density at radius 1 is 0.131 bits per heavy atom. The first kappa shape index (κ1) is 80.4. The molecule has 0 saturated carbocycles. The summed E-state index contributed by atoms with van der Waals surface area (Å²) in [4.78, 5) is 0. The summed E-state index contributed by atoms with van der Waals surface area (Å²) in [5, 5.41) is 0. The first-order valence-corrected chi connectivity index (χ1v) is 40.6. The lowest BCUT2D eigenvalue weighted by Crippen LogP contribution is -1.98. The zero-order chi connectivity index (χ0) is 83.7. The highest BCUT2D eigenvalue weighted by atomic mass is 16.5. The second kappa shape index (κ2) is 37.9. The highest BCUT2D eigenvalue weighted by Crippen LogP contribution is 2.43. The Kier molecular flexibility index (Phi) is 25.0. The molecule has 0 unspecified atom stereocenters. The molecular weight excluding hydrogens is 1500 g/mol. The zero-order valence-electron chi connectivity index (χ0n) is 69.5. The molecule has 8 heteroatoms. The van der Waals surface area contributed by atoms with Crippen molar-refractivity contribution >= 4 is 57.7 Å². The van der Waals surface area contributed by atoms with Crippen molar-refractivity contribution in [1.82, 2.24) is 0 Å². The van der Waals surface area contributed by atoms with Gasteiger partial charge < -0.3 is 37.9 Å². The molecule has 0 aromatic heterocycles. The molecule has 0 heterocycles. The van der Waals surface area contributed by atoms with Crippen LogP contribution >= 0.6 is 0 Å². The van der Waals surface area contributed by atoms with Gasteiger partial charge in [0.05, 0.1) is 56.9 Å². The molecule has 0 saturated heterocycles. The quantitative estimate of drug-likeness (QED) is 0.0449. The van der Waals surface area contributed by atoms with Crippen LogP contribution in [0.1, 0.15) is 89.0 Å². The molecule has 16 aromatic carbocycles. The van der Waals surface area contributed by atoms with Crippen LogP contribution in [-0.4, -0.2) is 56.9 Å². The number of methoxy groups -OCH3 is 8. The summed E-state index contributed by atoms with van der Waals surface area (Å²) in [7, 11) is 13.5. The molecule has 0 aliphatic carbocycles. The molecular formula is C114H92O8. The second-order valence-corrected chi connectivity index (χ2v) is 29.6. The molecule has 0 N–H and O–H groups in total. The Labute approximate surface area is 715 Å². The first-order valence-electron chi connectivity index (χ1n) is 40.6. The van der Waals surface area contributed by atoms with Gasteiger partial charge in [-0.3, -0.25) is 0 Å². The summed E-state index contributed by atoms with van der Waals surface area (Å²) < 4.78 is 44.5. The highest BCUT2D eigenvalue weighted by Gasteiger charge is 2.20. The maximum atomic E-state index is 5.56. The van der Waals surface area contributed by atoms with Gasteiger partial charge in [0.1, 0.15) is 46.0 Å². The van der Waals surface area contributed by atoms with E-state index in [1.807, 2.05) is 97.1 Å². The molecule has 0 fully saturated rings. The van der Waals surface area contributed by atoms with Gasteiger partial charge in [0.2, 0.25) is 0 Å². The predicted octanol–water partition coefficient (Wildman–Crippen LogP) is 27.8. The maximum absolute atomic E-state index is 5.56.